The molecule has 86 valence electrons. The normalized spacial score (nSPS) is 11.6. The maximum absolute atomic E-state index is 13.2. The molecular formula is C15H9FN2. The lowest BCUT2D eigenvalue weighted by molar-refractivity contribution is 0.556. The van der Waals surface area contributed by atoms with Gasteiger partial charge in [-0.05, 0) is 22.2 Å². The van der Waals surface area contributed by atoms with Crippen molar-refractivity contribution >= 4 is 32.6 Å². The lowest BCUT2D eigenvalue weighted by atomic mass is 10.0. The van der Waals surface area contributed by atoms with E-state index in [2.05, 4.69) is 22.1 Å². The van der Waals surface area contributed by atoms with Crippen LogP contribution in [0.25, 0.3) is 32.6 Å². The van der Waals surface area contributed by atoms with Crippen molar-refractivity contribution in [1.29, 1.82) is 0 Å². The van der Waals surface area contributed by atoms with Crippen molar-refractivity contribution < 1.29 is 4.39 Å². The van der Waals surface area contributed by atoms with E-state index in [4.69, 9.17) is 0 Å². The number of hydrogen-bond acceptors (Lipinski definition) is 1. The molecule has 3 heteroatoms. The van der Waals surface area contributed by atoms with Gasteiger partial charge in [-0.15, -0.1) is 0 Å². The third-order valence-corrected chi connectivity index (χ3v) is 3.35. The molecule has 0 atom stereocenters. The van der Waals surface area contributed by atoms with Gasteiger partial charge in [-0.2, -0.15) is 4.39 Å². The number of halogens is 1. The van der Waals surface area contributed by atoms with Crippen LogP contribution in [-0.4, -0.2) is 9.97 Å². The van der Waals surface area contributed by atoms with Gasteiger partial charge in [0.15, 0.2) is 0 Å². The highest BCUT2D eigenvalue weighted by molar-refractivity contribution is 6.15. The van der Waals surface area contributed by atoms with Crippen LogP contribution < -0.4 is 0 Å². The molecule has 3 aromatic carbocycles. The van der Waals surface area contributed by atoms with E-state index >= 15 is 0 Å². The number of hydrogen-bond donors (Lipinski definition) is 1. The highest BCUT2D eigenvalue weighted by Gasteiger charge is 2.08. The minimum atomic E-state index is -0.536. The topological polar surface area (TPSA) is 28.7 Å². The van der Waals surface area contributed by atoms with Crippen LogP contribution in [-0.2, 0) is 0 Å². The first kappa shape index (κ1) is 9.59. The van der Waals surface area contributed by atoms with Crippen molar-refractivity contribution in [2.45, 2.75) is 0 Å². The molecule has 0 spiro atoms. The third-order valence-electron chi connectivity index (χ3n) is 3.35. The zero-order valence-corrected chi connectivity index (χ0v) is 9.44. The molecule has 0 aliphatic carbocycles. The van der Waals surface area contributed by atoms with Crippen LogP contribution in [0, 0.1) is 6.08 Å². The Morgan fingerprint density at radius 1 is 0.833 bits per heavy atom. The standard InChI is InChI=1S/C15H9FN2/c16-15-17-13-8-7-11-10-4-2-1-3-9(10)5-6-12(11)14(13)18-15/h1-8H,(H,17,18). The Balaban J connectivity index is 2.30. The van der Waals surface area contributed by atoms with Crippen molar-refractivity contribution in [2.24, 2.45) is 0 Å². The van der Waals surface area contributed by atoms with Crippen LogP contribution in [0.2, 0.25) is 0 Å². The Kier molecular flexibility index (Phi) is 1.75. The van der Waals surface area contributed by atoms with Gasteiger partial charge in [-0.1, -0.05) is 42.5 Å². The van der Waals surface area contributed by atoms with Crippen LogP contribution in [0.3, 0.4) is 0 Å². The first-order chi connectivity index (χ1) is 8.83. The highest BCUT2D eigenvalue weighted by atomic mass is 19.1. The maximum atomic E-state index is 13.2. The van der Waals surface area contributed by atoms with E-state index in [0.29, 0.717) is 5.52 Å². The number of benzene rings is 3. The summed E-state index contributed by atoms with van der Waals surface area (Å²) in [6, 6.07) is 16.1. The van der Waals surface area contributed by atoms with Gasteiger partial charge >= 0.3 is 0 Å². The summed E-state index contributed by atoms with van der Waals surface area (Å²) in [5.74, 6) is 0. The fourth-order valence-corrected chi connectivity index (χ4v) is 2.53. The summed E-state index contributed by atoms with van der Waals surface area (Å²) in [5.41, 5.74) is 1.42. The number of rotatable bonds is 0. The Bertz CT molecular complexity index is 893. The smallest absolute Gasteiger partial charge is 0.287 e. The second kappa shape index (κ2) is 3.29. The zero-order chi connectivity index (χ0) is 12.1. The lowest BCUT2D eigenvalue weighted by Gasteiger charge is -2.03. The summed E-state index contributed by atoms with van der Waals surface area (Å²) in [6.07, 6.45) is -0.536. The first-order valence-electron chi connectivity index (χ1n) is 5.78. The summed E-state index contributed by atoms with van der Waals surface area (Å²) >= 11 is 0. The van der Waals surface area contributed by atoms with E-state index in [9.17, 15) is 4.39 Å². The van der Waals surface area contributed by atoms with E-state index in [0.717, 1.165) is 16.3 Å². The molecule has 0 saturated carbocycles. The second-order valence-corrected chi connectivity index (χ2v) is 4.37. The van der Waals surface area contributed by atoms with Gasteiger partial charge in [0.25, 0.3) is 6.08 Å². The number of nitrogens with one attached hydrogen (secondary N) is 1. The summed E-state index contributed by atoms with van der Waals surface area (Å²) in [6.45, 7) is 0. The van der Waals surface area contributed by atoms with E-state index in [1.165, 1.54) is 10.8 Å². The van der Waals surface area contributed by atoms with E-state index < -0.39 is 6.08 Å². The van der Waals surface area contributed by atoms with Gasteiger partial charge in [0.05, 0.1) is 11.0 Å². The van der Waals surface area contributed by atoms with Gasteiger partial charge in [-0.25, -0.2) is 4.98 Å². The fraction of sp³-hybridized carbons (Fsp3) is 0. The van der Waals surface area contributed by atoms with Gasteiger partial charge < -0.3 is 4.98 Å². The molecular weight excluding hydrogens is 227 g/mol. The van der Waals surface area contributed by atoms with Crippen LogP contribution in [0.4, 0.5) is 4.39 Å². The molecule has 0 bridgehead atoms. The molecule has 0 aliphatic rings. The Hall–Kier alpha value is -2.42. The molecule has 0 radical (unpaired) electrons. The maximum Gasteiger partial charge on any atom is 0.287 e. The van der Waals surface area contributed by atoms with E-state index in [1.807, 2.05) is 36.4 Å². The first-order valence-corrected chi connectivity index (χ1v) is 5.78. The van der Waals surface area contributed by atoms with E-state index in [-0.39, 0.29) is 0 Å². The summed E-state index contributed by atoms with van der Waals surface area (Å²) in [4.78, 5) is 6.55. The van der Waals surface area contributed by atoms with Crippen molar-refractivity contribution in [2.75, 3.05) is 0 Å². The minimum Gasteiger partial charge on any atom is -0.314 e. The average Bonchev–Trinajstić information content (AvgIpc) is 2.79. The minimum absolute atomic E-state index is 0.536. The summed E-state index contributed by atoms with van der Waals surface area (Å²) in [7, 11) is 0. The Morgan fingerprint density at radius 3 is 2.61 bits per heavy atom. The summed E-state index contributed by atoms with van der Waals surface area (Å²) in [5, 5.41) is 4.43. The average molecular weight is 236 g/mol. The molecule has 2 nitrogen and oxygen atoms in total. The van der Waals surface area contributed by atoms with Gasteiger partial charge in [0, 0.05) is 5.39 Å². The SMILES string of the molecule is Fc1nc2c(ccc3c4ccccc4ccc32)[nH]1. The molecule has 0 aliphatic heterocycles. The number of nitrogens with zero attached hydrogens (tertiary/aromatic N) is 1. The van der Waals surface area contributed by atoms with Crippen molar-refractivity contribution in [3.8, 4) is 0 Å². The molecule has 18 heavy (non-hydrogen) atoms. The Morgan fingerprint density at radius 2 is 1.67 bits per heavy atom. The molecule has 1 heterocycles. The predicted octanol–water partition coefficient (Wildman–Crippen LogP) is 4.01. The van der Waals surface area contributed by atoms with Gasteiger partial charge in [0.1, 0.15) is 0 Å². The molecule has 0 saturated heterocycles. The third kappa shape index (κ3) is 1.19. The largest absolute Gasteiger partial charge is 0.314 e. The molecule has 1 N–H and O–H groups in total. The van der Waals surface area contributed by atoms with Crippen molar-refractivity contribution in [3.63, 3.8) is 0 Å². The Labute approximate surface area is 102 Å². The molecule has 0 unspecified atom stereocenters. The van der Waals surface area contributed by atoms with Crippen LogP contribution >= 0.6 is 0 Å². The highest BCUT2D eigenvalue weighted by Crippen LogP contribution is 2.29. The molecule has 4 rings (SSSR count). The van der Waals surface area contributed by atoms with E-state index in [1.54, 1.807) is 0 Å². The number of aromatic nitrogens is 2. The summed E-state index contributed by atoms with van der Waals surface area (Å²) < 4.78 is 13.2. The number of fused-ring (bicyclic) bond motifs is 5. The predicted molar refractivity (Wildman–Crippen MR) is 71.1 cm³/mol. The second-order valence-electron chi connectivity index (χ2n) is 4.37. The van der Waals surface area contributed by atoms with Gasteiger partial charge in [0.2, 0.25) is 0 Å². The van der Waals surface area contributed by atoms with Crippen LogP contribution in [0.5, 0.6) is 0 Å². The number of imidazole rings is 1. The quantitative estimate of drug-likeness (QED) is 0.459. The van der Waals surface area contributed by atoms with Crippen LogP contribution in [0.15, 0.2) is 48.5 Å². The molecule has 0 fully saturated rings. The lowest BCUT2D eigenvalue weighted by Crippen LogP contribution is -1.79. The molecule has 1 aromatic heterocycles. The van der Waals surface area contributed by atoms with Gasteiger partial charge in [-0.3, -0.25) is 0 Å². The number of aromatic amines is 1. The van der Waals surface area contributed by atoms with Crippen molar-refractivity contribution in [3.05, 3.63) is 54.6 Å². The molecule has 4 aromatic rings. The zero-order valence-electron chi connectivity index (χ0n) is 9.44. The van der Waals surface area contributed by atoms with Crippen LogP contribution in [0.1, 0.15) is 0 Å². The monoisotopic (exact) mass is 236 g/mol. The molecule has 0 amide bonds. The van der Waals surface area contributed by atoms with Crippen molar-refractivity contribution in [1.82, 2.24) is 9.97 Å². The fourth-order valence-electron chi connectivity index (χ4n) is 2.53. The number of H-pyrrole nitrogens is 1.